The van der Waals surface area contributed by atoms with Crippen molar-refractivity contribution >= 4 is 70.1 Å². The number of Topliss-reactive ketones (excluding diaryl/α,β-unsaturated/α-hetero) is 3. The number of hydrogen-bond acceptors (Lipinski definition) is 25. The lowest BCUT2D eigenvalue weighted by molar-refractivity contribution is -0.333. The van der Waals surface area contributed by atoms with Crippen molar-refractivity contribution in [3.8, 4) is 62.9 Å². The molecule has 0 aliphatic carbocycles. The number of nitrogens with one attached hydrogen (secondary N) is 5. The topological polar surface area (TPSA) is 475 Å². The van der Waals surface area contributed by atoms with Crippen LogP contribution < -0.4 is 57.0 Å². The highest BCUT2D eigenvalue weighted by Crippen LogP contribution is 2.50. The highest BCUT2D eigenvalue weighted by Gasteiger charge is 2.51. The van der Waals surface area contributed by atoms with Crippen LogP contribution in [0.3, 0.4) is 0 Å². The molecule has 17 atom stereocenters. The number of fused-ring (bicyclic) bond motifs is 15. The van der Waals surface area contributed by atoms with Crippen molar-refractivity contribution in [3.63, 3.8) is 0 Å². The van der Waals surface area contributed by atoms with Crippen LogP contribution in [0.2, 0.25) is 10.0 Å². The lowest BCUT2D eigenvalue weighted by atomic mass is 9.85. The predicted octanol–water partition coefficient (Wildman–Crippen LogP) is 2.89. The molecule has 7 aliphatic rings. The van der Waals surface area contributed by atoms with E-state index in [0.717, 1.165) is 43.3 Å². The molecule has 2 saturated heterocycles. The lowest BCUT2D eigenvalue weighted by Gasteiger charge is -2.47. The molecule has 0 aromatic heterocycles. The molecule has 0 spiro atoms. The van der Waals surface area contributed by atoms with Crippen LogP contribution in [0, 0.1) is 11.8 Å². The van der Waals surface area contributed by atoms with Crippen molar-refractivity contribution < 1.29 is 112 Å². The maximum atomic E-state index is 16.1. The average Bonchev–Trinajstić information content (AvgIpc) is 0.774. The summed E-state index contributed by atoms with van der Waals surface area (Å²) >= 11 is 14.2. The van der Waals surface area contributed by atoms with E-state index in [1.54, 1.807) is 0 Å². The number of aliphatic hydroxyl groups is 5. The number of phenolic OH excluding ortho intramolecular Hbond substituents is 3. The summed E-state index contributed by atoms with van der Waals surface area (Å²) in [5, 5.41) is 104. The third kappa shape index (κ3) is 15.9. The van der Waals surface area contributed by atoms with Crippen molar-refractivity contribution in [1.29, 1.82) is 0 Å². The summed E-state index contributed by atoms with van der Waals surface area (Å²) in [4.78, 5) is 118. The number of likely N-dealkylation sites (N-methyl/N-ethyl adjacent to an activating group) is 1. The zero-order chi connectivity index (χ0) is 72.7. The van der Waals surface area contributed by atoms with Gasteiger partial charge in [-0.15, -0.1) is 0 Å². The highest BCUT2D eigenvalue weighted by molar-refractivity contribution is 6.32. The molecule has 7 heterocycles. The number of phenols is 3. The zero-order valence-corrected chi connectivity index (χ0v) is 56.2. The fraction of sp³-hybridized carbons (Fsp3) is 0.441. The van der Waals surface area contributed by atoms with Gasteiger partial charge in [-0.05, 0) is 117 Å². The second kappa shape index (κ2) is 30.2. The maximum Gasteiger partial charge on any atom is 0.283 e. The van der Waals surface area contributed by atoms with Crippen molar-refractivity contribution in [2.45, 2.75) is 164 Å². The van der Waals surface area contributed by atoms with Gasteiger partial charge in [0.2, 0.25) is 35.7 Å². The summed E-state index contributed by atoms with van der Waals surface area (Å²) in [6.07, 6.45) is -19.8. The van der Waals surface area contributed by atoms with Crippen molar-refractivity contribution in [3.05, 3.63) is 111 Å². The molecule has 32 heteroatoms. The number of halogens is 2. The van der Waals surface area contributed by atoms with E-state index in [1.807, 2.05) is 13.8 Å². The Hall–Kier alpha value is -8.76. The quantitative estimate of drug-likeness (QED) is 0.0806. The fourth-order valence-electron chi connectivity index (χ4n) is 12.8. The number of aromatic hydroxyl groups is 3. The van der Waals surface area contributed by atoms with Crippen LogP contribution in [0.25, 0.3) is 11.1 Å². The number of aliphatic hydroxyl groups excluding tert-OH is 5. The number of ether oxygens (including phenoxy) is 7. The molecule has 7 aliphatic heterocycles. The van der Waals surface area contributed by atoms with E-state index in [1.165, 1.54) is 63.4 Å². The fourth-order valence-corrected chi connectivity index (χ4v) is 13.2. The molecular weight excluding hydrogens is 1350 g/mol. The number of amides is 5. The van der Waals surface area contributed by atoms with Gasteiger partial charge in [0.05, 0.1) is 46.7 Å². The van der Waals surface area contributed by atoms with Crippen LogP contribution in [0.5, 0.6) is 51.7 Å². The summed E-state index contributed by atoms with van der Waals surface area (Å²) in [7, 11) is 1.50. The molecule has 0 radical (unpaired) electrons. The lowest BCUT2D eigenvalue weighted by Crippen LogP contribution is -2.64. The van der Waals surface area contributed by atoms with Gasteiger partial charge in [0.15, 0.2) is 41.2 Å². The van der Waals surface area contributed by atoms with E-state index in [9.17, 15) is 64.8 Å². The standard InChI is InChI=1S/C68H77Cl2N7O23/c1-26(2)13-40(73-6)64(92)76-55-43(83)16-32(19-50(71)85)62(90)75-54-31-17-47(96-45-11-8-30(56(55)86)15-38(45)69)59(100-67-60(58(88)57(87)49(25-78)98-67)99-51-24-68(5,72)61(89)28(4)94-51)48(18-31)97-46-12-9-34(22-39(46)70)95-66-65(93)74-53(27(3)79)37-20-33(80)21-42(82)52(37)36-14-29(7-10-41(36)81)35(23-44(54)84)63(91)77-66/h7-12,14-15,17-18,20-22,26,28,32,35,40,49,51,53-58,60-61,66-67,73,78,80-82,86-89H,13,16,19,23-25,72H2,1-6H3,(H2,71,85)(H,74,93)(H,75,90)(H,76,92)(H,77,91)/t28?,32-,35+,40+,49?,51?,53+,54+,55-,56+,57?,58?,60?,61?,66-,67?,68?/m0/s1. The van der Waals surface area contributed by atoms with E-state index in [2.05, 4.69) is 26.6 Å². The maximum absolute atomic E-state index is 16.1. The Balaban J connectivity index is 1.23. The van der Waals surface area contributed by atoms with Gasteiger partial charge in [-0.3, -0.25) is 38.4 Å². The molecule has 5 aromatic rings. The Bertz CT molecular complexity index is 4030. The smallest absolute Gasteiger partial charge is 0.283 e. The number of nitrogens with two attached hydrogens (primary N) is 2. The first kappa shape index (κ1) is 73.9. The van der Waals surface area contributed by atoms with Crippen LogP contribution in [0.1, 0.15) is 113 Å². The van der Waals surface area contributed by atoms with Gasteiger partial charge >= 0.3 is 0 Å². The Morgan fingerprint density at radius 3 is 2.06 bits per heavy atom. The molecule has 0 saturated carbocycles. The molecular formula is C68H77Cl2N7O23. The van der Waals surface area contributed by atoms with E-state index in [4.69, 9.17) is 67.8 Å². The number of rotatable bonds is 13. The van der Waals surface area contributed by atoms with E-state index >= 15 is 14.4 Å². The number of benzene rings is 5. The summed E-state index contributed by atoms with van der Waals surface area (Å²) in [6.45, 7) is 6.86. The van der Waals surface area contributed by atoms with Gasteiger partial charge in [0.25, 0.3) is 12.1 Å². The largest absolute Gasteiger partial charge is 0.508 e. The molecule has 5 aromatic carbocycles. The highest BCUT2D eigenvalue weighted by atomic mass is 35.5. The third-order valence-corrected chi connectivity index (χ3v) is 18.6. The van der Waals surface area contributed by atoms with Gasteiger partial charge in [0, 0.05) is 54.5 Å². The number of primary amides is 1. The molecule has 12 rings (SSSR count). The van der Waals surface area contributed by atoms with Crippen LogP contribution in [0.15, 0.2) is 78.9 Å². The number of carbonyl (C=O) groups excluding carboxylic acids is 8. The SMILES string of the molecule is CN[C@H](CC(C)C)C(=O)N[C@H]1C(=O)C[C@@H](CC(N)=O)C(=O)N[C@H]2C(=O)C[C@H]3C(=O)N[C@@H](Oc4ccc(c(Cl)c4)Oc4cc2cc(c4OC2OC(CO)C(O)C(O)C2OC2CC(C)(N)C(O)C(C)O2)Oc2ccc(cc2Cl)[C@H]1O)C(=O)N[C@H](C(C)=O)c1cc(O)cc(O)c1-c1cc3ccc1O. The summed E-state index contributed by atoms with van der Waals surface area (Å²) in [5.74, 6) is -16.6. The van der Waals surface area contributed by atoms with Crippen molar-refractivity contribution in [2.75, 3.05) is 13.7 Å². The summed E-state index contributed by atoms with van der Waals surface area (Å²) in [6, 6.07) is 8.23. The second-order valence-electron chi connectivity index (χ2n) is 26.1. The van der Waals surface area contributed by atoms with Gasteiger partial charge in [-0.2, -0.15) is 0 Å². The first-order chi connectivity index (χ1) is 47.2. The molecule has 2 fully saturated rings. The number of hydrogen-bond donors (Lipinski definition) is 15. The molecule has 17 N–H and O–H groups in total. The van der Waals surface area contributed by atoms with Crippen molar-refractivity contribution in [1.82, 2.24) is 26.6 Å². The normalized spacial score (nSPS) is 28.9. The Labute approximate surface area is 581 Å². The number of carbonyl (C=O) groups is 8. The minimum absolute atomic E-state index is 0.0636. The Morgan fingerprint density at radius 1 is 0.770 bits per heavy atom. The van der Waals surface area contributed by atoms with Crippen molar-refractivity contribution in [2.24, 2.45) is 23.3 Å². The first-order valence-corrected chi connectivity index (χ1v) is 32.7. The first-order valence-electron chi connectivity index (χ1n) is 31.9. The van der Waals surface area contributed by atoms with E-state index in [0.29, 0.717) is 0 Å². The molecule has 536 valence electrons. The molecule has 100 heavy (non-hydrogen) atoms. The van der Waals surface area contributed by atoms with Crippen LogP contribution in [-0.4, -0.2) is 174 Å². The Kier molecular flexibility index (Phi) is 22.3. The van der Waals surface area contributed by atoms with E-state index in [-0.39, 0.29) is 79.4 Å². The zero-order valence-electron chi connectivity index (χ0n) is 54.7. The minimum atomic E-state index is -2.16. The molecule has 11 bridgehead atoms. The van der Waals surface area contributed by atoms with Gasteiger partial charge in [0.1, 0.15) is 77.0 Å². The molecule has 5 amide bonds. The van der Waals surface area contributed by atoms with Gasteiger partial charge < -0.3 is 112 Å². The van der Waals surface area contributed by atoms with Gasteiger partial charge in [-0.25, -0.2) is 0 Å². The molecule has 9 unspecified atom stereocenters. The Morgan fingerprint density at radius 2 is 1.44 bits per heavy atom. The van der Waals surface area contributed by atoms with E-state index < -0.39 is 210 Å². The number of ketones is 3. The summed E-state index contributed by atoms with van der Waals surface area (Å²) in [5.41, 5.74) is 9.51. The van der Waals surface area contributed by atoms with Crippen LogP contribution in [0.4, 0.5) is 0 Å². The monoisotopic (exact) mass is 1430 g/mol. The average molecular weight is 1430 g/mol. The molecule has 30 nitrogen and oxygen atoms in total. The second-order valence-corrected chi connectivity index (χ2v) is 26.9. The van der Waals surface area contributed by atoms with Crippen LogP contribution in [-0.2, 0) is 52.6 Å². The predicted molar refractivity (Wildman–Crippen MR) is 351 cm³/mol. The van der Waals surface area contributed by atoms with Gasteiger partial charge in [-0.1, -0.05) is 49.2 Å². The minimum Gasteiger partial charge on any atom is -0.508 e. The van der Waals surface area contributed by atoms with Crippen LogP contribution >= 0.6 is 23.2 Å². The summed E-state index contributed by atoms with van der Waals surface area (Å²) < 4.78 is 44.7. The third-order valence-electron chi connectivity index (χ3n) is 18.0.